The lowest BCUT2D eigenvalue weighted by Crippen LogP contribution is -2.41. The lowest BCUT2D eigenvalue weighted by molar-refractivity contribution is 0.0909. The van der Waals surface area contributed by atoms with Crippen LogP contribution in [-0.2, 0) is 0 Å². The zero-order chi connectivity index (χ0) is 13.3. The van der Waals surface area contributed by atoms with E-state index in [0.717, 1.165) is 12.0 Å². The van der Waals surface area contributed by atoms with E-state index in [2.05, 4.69) is 19.2 Å². The smallest absolute Gasteiger partial charge is 0.251 e. The third kappa shape index (κ3) is 3.41. The maximum absolute atomic E-state index is 12.3. The van der Waals surface area contributed by atoms with Gasteiger partial charge in [-0.15, -0.1) is 12.4 Å². The summed E-state index contributed by atoms with van der Waals surface area (Å²) in [5.41, 5.74) is 8.24. The highest BCUT2D eigenvalue weighted by Gasteiger charge is 2.35. The molecule has 1 aliphatic carbocycles. The maximum atomic E-state index is 12.3. The Morgan fingerprint density at radius 2 is 2.11 bits per heavy atom. The molecule has 1 amide bonds. The molecule has 4 heteroatoms. The number of amides is 1. The molecule has 0 bridgehead atoms. The highest BCUT2D eigenvalue weighted by Crippen LogP contribution is 2.37. The van der Waals surface area contributed by atoms with E-state index in [1.54, 1.807) is 6.07 Å². The molecule has 0 spiro atoms. The Hall–Kier alpha value is -1.22. The van der Waals surface area contributed by atoms with E-state index in [-0.39, 0.29) is 29.8 Å². The Labute approximate surface area is 121 Å². The van der Waals surface area contributed by atoms with Crippen LogP contribution >= 0.6 is 12.4 Å². The first kappa shape index (κ1) is 15.8. The van der Waals surface area contributed by atoms with Crippen molar-refractivity contribution in [1.29, 1.82) is 0 Å². The molecule has 0 saturated heterocycles. The maximum Gasteiger partial charge on any atom is 0.251 e. The summed E-state index contributed by atoms with van der Waals surface area (Å²) in [7, 11) is 0. The van der Waals surface area contributed by atoms with Gasteiger partial charge in [0.1, 0.15) is 0 Å². The number of rotatable bonds is 2. The Balaban J connectivity index is 0.00000180. The summed E-state index contributed by atoms with van der Waals surface area (Å²) >= 11 is 0. The number of halogens is 1. The lowest BCUT2D eigenvalue weighted by Gasteiger charge is -2.28. The number of hydrogen-bond acceptors (Lipinski definition) is 2. The van der Waals surface area contributed by atoms with Gasteiger partial charge in [0.2, 0.25) is 0 Å². The largest absolute Gasteiger partial charge is 0.399 e. The zero-order valence-electron chi connectivity index (χ0n) is 11.8. The van der Waals surface area contributed by atoms with Crippen molar-refractivity contribution >= 4 is 24.0 Å². The first-order valence-corrected chi connectivity index (χ1v) is 6.57. The molecule has 1 saturated carbocycles. The number of aryl methyl sites for hydroxylation is 1. The SMILES string of the molecule is Cc1ccc(N)cc1C(=O)NC1CCCC1(C)C.Cl. The van der Waals surface area contributed by atoms with Crippen LogP contribution in [0, 0.1) is 12.3 Å². The highest BCUT2D eigenvalue weighted by molar-refractivity contribution is 5.96. The molecule has 1 aromatic rings. The standard InChI is InChI=1S/C15H22N2O.ClH/c1-10-6-7-11(16)9-12(10)14(18)17-13-5-4-8-15(13,2)3;/h6-7,9,13H,4-5,8,16H2,1-3H3,(H,17,18);1H. The molecule has 3 nitrogen and oxygen atoms in total. The molecule has 106 valence electrons. The third-order valence-electron chi connectivity index (χ3n) is 4.07. The van der Waals surface area contributed by atoms with Gasteiger partial charge in [0, 0.05) is 17.3 Å². The molecule has 0 radical (unpaired) electrons. The number of carbonyl (C=O) groups is 1. The minimum absolute atomic E-state index is 0. The summed E-state index contributed by atoms with van der Waals surface area (Å²) in [5.74, 6) is -0.000208. The first-order valence-electron chi connectivity index (χ1n) is 6.57. The van der Waals surface area contributed by atoms with E-state index in [9.17, 15) is 4.79 Å². The number of nitrogens with two attached hydrogens (primary N) is 1. The Bertz CT molecular complexity index is 471. The molecule has 2 rings (SSSR count). The van der Waals surface area contributed by atoms with Crippen LogP contribution in [0.1, 0.15) is 49.0 Å². The average molecular weight is 283 g/mol. The zero-order valence-corrected chi connectivity index (χ0v) is 12.6. The van der Waals surface area contributed by atoms with Crippen molar-refractivity contribution in [3.8, 4) is 0 Å². The average Bonchev–Trinajstić information content (AvgIpc) is 2.62. The van der Waals surface area contributed by atoms with Gasteiger partial charge in [0.25, 0.3) is 5.91 Å². The van der Waals surface area contributed by atoms with Gasteiger partial charge in [-0.25, -0.2) is 0 Å². The summed E-state index contributed by atoms with van der Waals surface area (Å²) in [6.45, 7) is 6.38. The van der Waals surface area contributed by atoms with Crippen LogP contribution in [0.15, 0.2) is 18.2 Å². The van der Waals surface area contributed by atoms with Gasteiger partial charge in [-0.3, -0.25) is 4.79 Å². The molecule has 1 fully saturated rings. The van der Waals surface area contributed by atoms with Gasteiger partial charge in [-0.05, 0) is 42.9 Å². The van der Waals surface area contributed by atoms with Crippen LogP contribution in [0.2, 0.25) is 0 Å². The van der Waals surface area contributed by atoms with Crippen molar-refractivity contribution in [3.05, 3.63) is 29.3 Å². The van der Waals surface area contributed by atoms with E-state index < -0.39 is 0 Å². The Morgan fingerprint density at radius 1 is 1.42 bits per heavy atom. The normalized spacial score (nSPS) is 20.7. The third-order valence-corrected chi connectivity index (χ3v) is 4.07. The number of benzene rings is 1. The predicted octanol–water partition coefficient (Wildman–Crippen LogP) is 3.31. The molecule has 1 aromatic carbocycles. The van der Waals surface area contributed by atoms with Gasteiger partial charge in [-0.2, -0.15) is 0 Å². The molecule has 3 N–H and O–H groups in total. The van der Waals surface area contributed by atoms with Crippen molar-refractivity contribution in [3.63, 3.8) is 0 Å². The molecule has 1 atom stereocenters. The van der Waals surface area contributed by atoms with Crippen LogP contribution in [0.3, 0.4) is 0 Å². The predicted molar refractivity (Wildman–Crippen MR) is 81.7 cm³/mol. The summed E-state index contributed by atoms with van der Waals surface area (Å²) < 4.78 is 0. The van der Waals surface area contributed by atoms with Crippen LogP contribution in [0.25, 0.3) is 0 Å². The van der Waals surface area contributed by atoms with Crippen LogP contribution in [0.4, 0.5) is 5.69 Å². The van der Waals surface area contributed by atoms with E-state index in [4.69, 9.17) is 5.73 Å². The Kier molecular flexibility index (Phi) is 4.86. The fourth-order valence-electron chi connectivity index (χ4n) is 2.71. The molecule has 0 heterocycles. The van der Waals surface area contributed by atoms with E-state index in [1.165, 1.54) is 12.8 Å². The molecule has 19 heavy (non-hydrogen) atoms. The number of hydrogen-bond donors (Lipinski definition) is 2. The second kappa shape index (κ2) is 5.83. The van der Waals surface area contributed by atoms with Gasteiger partial charge >= 0.3 is 0 Å². The van der Waals surface area contributed by atoms with Gasteiger partial charge in [0.15, 0.2) is 0 Å². The van der Waals surface area contributed by atoms with Crippen molar-refractivity contribution in [2.75, 3.05) is 5.73 Å². The van der Waals surface area contributed by atoms with Gasteiger partial charge < -0.3 is 11.1 Å². The number of nitrogen functional groups attached to an aromatic ring is 1. The molecular formula is C15H23ClN2O. The lowest BCUT2D eigenvalue weighted by atomic mass is 9.87. The highest BCUT2D eigenvalue weighted by atomic mass is 35.5. The molecule has 1 aliphatic rings. The van der Waals surface area contributed by atoms with Crippen LogP contribution < -0.4 is 11.1 Å². The van der Waals surface area contributed by atoms with Gasteiger partial charge in [0.05, 0.1) is 0 Å². The van der Waals surface area contributed by atoms with Crippen molar-refractivity contribution < 1.29 is 4.79 Å². The number of nitrogens with one attached hydrogen (secondary N) is 1. The van der Waals surface area contributed by atoms with Crippen molar-refractivity contribution in [2.24, 2.45) is 5.41 Å². The van der Waals surface area contributed by atoms with Crippen LogP contribution in [0.5, 0.6) is 0 Å². The van der Waals surface area contributed by atoms with Crippen molar-refractivity contribution in [1.82, 2.24) is 5.32 Å². The minimum Gasteiger partial charge on any atom is -0.399 e. The Morgan fingerprint density at radius 3 is 2.68 bits per heavy atom. The summed E-state index contributed by atoms with van der Waals surface area (Å²) in [5, 5.41) is 3.16. The van der Waals surface area contributed by atoms with Gasteiger partial charge in [-0.1, -0.05) is 26.3 Å². The minimum atomic E-state index is -0.000208. The summed E-state index contributed by atoms with van der Waals surface area (Å²) in [4.78, 5) is 12.3. The van der Waals surface area contributed by atoms with E-state index >= 15 is 0 Å². The van der Waals surface area contributed by atoms with Crippen LogP contribution in [-0.4, -0.2) is 11.9 Å². The first-order chi connectivity index (χ1) is 8.40. The monoisotopic (exact) mass is 282 g/mol. The van der Waals surface area contributed by atoms with Crippen molar-refractivity contribution in [2.45, 2.75) is 46.1 Å². The second-order valence-corrected chi connectivity index (χ2v) is 5.98. The summed E-state index contributed by atoms with van der Waals surface area (Å²) in [6, 6.07) is 5.74. The molecule has 0 aromatic heterocycles. The fourth-order valence-corrected chi connectivity index (χ4v) is 2.71. The number of carbonyl (C=O) groups excluding carboxylic acids is 1. The molecule has 1 unspecified atom stereocenters. The molecular weight excluding hydrogens is 260 g/mol. The summed E-state index contributed by atoms with van der Waals surface area (Å²) in [6.07, 6.45) is 3.43. The van der Waals surface area contributed by atoms with E-state index in [0.29, 0.717) is 11.3 Å². The topological polar surface area (TPSA) is 55.1 Å². The molecule has 0 aliphatic heterocycles. The fraction of sp³-hybridized carbons (Fsp3) is 0.533. The number of anilines is 1. The van der Waals surface area contributed by atoms with E-state index in [1.807, 2.05) is 19.1 Å². The second-order valence-electron chi connectivity index (χ2n) is 5.98. The quantitative estimate of drug-likeness (QED) is 0.818.